The molecular weight excluding hydrogens is 488 g/mol. The van der Waals surface area contributed by atoms with Crippen molar-refractivity contribution >= 4 is 43.7 Å². The zero-order valence-corrected chi connectivity index (χ0v) is 21.5. The number of rotatable bonds is 3. The van der Waals surface area contributed by atoms with Gasteiger partial charge in [-0.25, -0.2) is 4.98 Å². The Bertz CT molecular complexity index is 2280. The van der Waals surface area contributed by atoms with E-state index in [1.165, 1.54) is 27.4 Å². The molecule has 186 valence electrons. The van der Waals surface area contributed by atoms with Crippen LogP contribution in [0.15, 0.2) is 134 Å². The zero-order valence-electron chi connectivity index (χ0n) is 21.5. The van der Waals surface area contributed by atoms with E-state index in [1.807, 2.05) is 36.5 Å². The first-order chi connectivity index (χ1) is 19.8. The fourth-order valence-corrected chi connectivity index (χ4v) is 6.10. The van der Waals surface area contributed by atoms with Crippen LogP contribution >= 0.6 is 0 Å². The van der Waals surface area contributed by atoms with Crippen LogP contribution in [0.2, 0.25) is 0 Å². The molecule has 0 saturated heterocycles. The third-order valence-corrected chi connectivity index (χ3v) is 7.78. The summed E-state index contributed by atoms with van der Waals surface area (Å²) in [6.45, 7) is 0. The van der Waals surface area contributed by atoms with Gasteiger partial charge in [0.25, 0.3) is 0 Å². The summed E-state index contributed by atoms with van der Waals surface area (Å²) >= 11 is 0. The Hall–Kier alpha value is -5.66. The Morgan fingerprint density at radius 1 is 0.550 bits per heavy atom. The summed E-state index contributed by atoms with van der Waals surface area (Å²) in [4.78, 5) is 4.76. The molecule has 8 rings (SSSR count). The summed E-state index contributed by atoms with van der Waals surface area (Å²) in [6, 6.07) is 46.5. The van der Waals surface area contributed by atoms with Gasteiger partial charge in [0, 0.05) is 39.1 Å². The lowest BCUT2D eigenvalue weighted by molar-refractivity contribution is 1.13. The van der Waals surface area contributed by atoms with Crippen molar-refractivity contribution in [3.8, 4) is 28.6 Å². The van der Waals surface area contributed by atoms with Crippen molar-refractivity contribution in [2.24, 2.45) is 0 Å². The topological polar surface area (TPSA) is 46.5 Å². The predicted octanol–water partition coefficient (Wildman–Crippen LogP) is 8.81. The van der Waals surface area contributed by atoms with Gasteiger partial charge in [-0.1, -0.05) is 60.7 Å². The summed E-state index contributed by atoms with van der Waals surface area (Å²) in [5.41, 5.74) is 9.37. The number of hydrogen-bond acceptors (Lipinski definition) is 2. The van der Waals surface area contributed by atoms with Crippen LogP contribution < -0.4 is 0 Å². The number of benzene rings is 5. The molecule has 0 fully saturated rings. The lowest BCUT2D eigenvalue weighted by Gasteiger charge is -2.10. The molecule has 40 heavy (non-hydrogen) atoms. The van der Waals surface area contributed by atoms with Gasteiger partial charge in [0.05, 0.1) is 28.2 Å². The average molecular weight is 511 g/mol. The van der Waals surface area contributed by atoms with E-state index >= 15 is 0 Å². The van der Waals surface area contributed by atoms with Crippen molar-refractivity contribution in [3.63, 3.8) is 0 Å². The lowest BCUT2D eigenvalue weighted by atomic mass is 9.98. The fraction of sp³-hybridized carbons (Fsp3) is 0. The number of aromatic nitrogens is 3. The highest BCUT2D eigenvalue weighted by atomic mass is 15.0. The molecule has 0 saturated carbocycles. The minimum absolute atomic E-state index is 0.626. The lowest BCUT2D eigenvalue weighted by Crippen LogP contribution is -1.95. The van der Waals surface area contributed by atoms with Gasteiger partial charge in [0.1, 0.15) is 5.65 Å². The SMILES string of the molecule is N#Cc1cccc(-n2c3ccc(-c4cccc5c4c4ccccc4n5-c4ccccc4)cc3c3cccnc32)c1. The van der Waals surface area contributed by atoms with Crippen LogP contribution in [0.4, 0.5) is 0 Å². The Balaban J connectivity index is 1.42. The Morgan fingerprint density at radius 2 is 1.30 bits per heavy atom. The van der Waals surface area contributed by atoms with E-state index in [-0.39, 0.29) is 0 Å². The maximum absolute atomic E-state index is 9.51. The maximum Gasteiger partial charge on any atom is 0.145 e. The van der Waals surface area contributed by atoms with Gasteiger partial charge in [-0.15, -0.1) is 0 Å². The largest absolute Gasteiger partial charge is 0.309 e. The van der Waals surface area contributed by atoms with E-state index in [0.717, 1.165) is 38.9 Å². The van der Waals surface area contributed by atoms with Gasteiger partial charge in [-0.2, -0.15) is 5.26 Å². The average Bonchev–Trinajstić information content (AvgIpc) is 3.54. The number of para-hydroxylation sites is 2. The summed E-state index contributed by atoms with van der Waals surface area (Å²) in [5.74, 6) is 0. The fourth-order valence-electron chi connectivity index (χ4n) is 6.10. The summed E-state index contributed by atoms with van der Waals surface area (Å²) in [5, 5.41) is 14.2. The monoisotopic (exact) mass is 510 g/mol. The van der Waals surface area contributed by atoms with Crippen molar-refractivity contribution in [2.75, 3.05) is 0 Å². The summed E-state index contributed by atoms with van der Waals surface area (Å²) < 4.78 is 4.50. The molecule has 0 bridgehead atoms. The molecule has 5 aromatic carbocycles. The maximum atomic E-state index is 9.51. The molecular formula is C36H22N4. The third kappa shape index (κ3) is 3.22. The first-order valence-electron chi connectivity index (χ1n) is 13.3. The van der Waals surface area contributed by atoms with Gasteiger partial charge in [0.2, 0.25) is 0 Å². The Kier molecular flexibility index (Phi) is 4.85. The van der Waals surface area contributed by atoms with Crippen LogP contribution in [0.5, 0.6) is 0 Å². The Morgan fingerprint density at radius 3 is 2.20 bits per heavy atom. The van der Waals surface area contributed by atoms with Crippen molar-refractivity contribution < 1.29 is 0 Å². The molecule has 4 nitrogen and oxygen atoms in total. The van der Waals surface area contributed by atoms with Crippen LogP contribution in [0, 0.1) is 11.3 Å². The van der Waals surface area contributed by atoms with E-state index in [1.54, 1.807) is 0 Å². The highest BCUT2D eigenvalue weighted by Crippen LogP contribution is 2.40. The molecule has 0 aliphatic rings. The Labute approximate surface area is 230 Å². The van der Waals surface area contributed by atoms with Crippen LogP contribution in [0.3, 0.4) is 0 Å². The highest BCUT2D eigenvalue weighted by molar-refractivity contribution is 6.17. The number of pyridine rings is 1. The number of fused-ring (bicyclic) bond motifs is 6. The molecule has 0 amide bonds. The van der Waals surface area contributed by atoms with E-state index in [0.29, 0.717) is 5.56 Å². The smallest absolute Gasteiger partial charge is 0.145 e. The van der Waals surface area contributed by atoms with Crippen molar-refractivity contribution in [1.29, 1.82) is 5.26 Å². The second-order valence-electron chi connectivity index (χ2n) is 9.99. The number of nitrogens with zero attached hydrogens (tertiary/aromatic N) is 4. The van der Waals surface area contributed by atoms with Crippen LogP contribution in [0.25, 0.3) is 66.2 Å². The standard InChI is InChI=1S/C36H22N4/c37-23-24-9-6-12-27(21-24)40-33-19-18-25(22-31(33)29-15-8-20-38-36(29)40)28-14-7-17-34-35(28)30-13-4-5-16-32(30)39(34)26-10-2-1-3-11-26/h1-22H. The van der Waals surface area contributed by atoms with Gasteiger partial charge >= 0.3 is 0 Å². The van der Waals surface area contributed by atoms with Crippen molar-refractivity contribution in [1.82, 2.24) is 14.1 Å². The van der Waals surface area contributed by atoms with E-state index < -0.39 is 0 Å². The third-order valence-electron chi connectivity index (χ3n) is 7.78. The van der Waals surface area contributed by atoms with Crippen molar-refractivity contribution in [2.45, 2.75) is 0 Å². The molecule has 0 spiro atoms. The van der Waals surface area contributed by atoms with Crippen LogP contribution in [0.1, 0.15) is 5.56 Å². The van der Waals surface area contributed by atoms with Gasteiger partial charge in [-0.05, 0) is 77.9 Å². The predicted molar refractivity (Wildman–Crippen MR) is 163 cm³/mol. The zero-order chi connectivity index (χ0) is 26.6. The minimum atomic E-state index is 0.626. The van der Waals surface area contributed by atoms with E-state index in [4.69, 9.17) is 4.98 Å². The molecule has 0 radical (unpaired) electrons. The van der Waals surface area contributed by atoms with E-state index in [9.17, 15) is 5.26 Å². The second kappa shape index (κ2) is 8.69. The summed E-state index contributed by atoms with van der Waals surface area (Å²) in [6.07, 6.45) is 1.83. The number of hydrogen-bond donors (Lipinski definition) is 0. The molecule has 8 aromatic rings. The molecule has 0 unspecified atom stereocenters. The van der Waals surface area contributed by atoms with Gasteiger partial charge < -0.3 is 4.57 Å². The van der Waals surface area contributed by atoms with E-state index in [2.05, 4.69) is 112 Å². The second-order valence-corrected chi connectivity index (χ2v) is 9.99. The van der Waals surface area contributed by atoms with Crippen molar-refractivity contribution in [3.05, 3.63) is 139 Å². The van der Waals surface area contributed by atoms with Gasteiger partial charge in [0.15, 0.2) is 0 Å². The number of nitriles is 1. The molecule has 0 atom stereocenters. The molecule has 4 heteroatoms. The first kappa shape index (κ1) is 22.3. The van der Waals surface area contributed by atoms with Gasteiger partial charge in [-0.3, -0.25) is 4.57 Å². The van der Waals surface area contributed by atoms with Crippen LogP contribution in [-0.2, 0) is 0 Å². The molecule has 3 aromatic heterocycles. The molecule has 0 aliphatic carbocycles. The quantitative estimate of drug-likeness (QED) is 0.238. The highest BCUT2D eigenvalue weighted by Gasteiger charge is 2.18. The molecule has 0 N–H and O–H groups in total. The first-order valence-corrected chi connectivity index (χ1v) is 13.3. The normalized spacial score (nSPS) is 11.5. The minimum Gasteiger partial charge on any atom is -0.309 e. The molecule has 3 heterocycles. The molecule has 0 aliphatic heterocycles. The summed E-state index contributed by atoms with van der Waals surface area (Å²) in [7, 11) is 0. The van der Waals surface area contributed by atoms with Crippen LogP contribution in [-0.4, -0.2) is 14.1 Å².